The lowest BCUT2D eigenvalue weighted by Gasteiger charge is -2.11. The molecule has 0 saturated carbocycles. The predicted octanol–water partition coefficient (Wildman–Crippen LogP) is 5.29. The highest BCUT2D eigenvalue weighted by Gasteiger charge is 2.33. The average molecular weight is 366 g/mol. The lowest BCUT2D eigenvalue weighted by molar-refractivity contribution is -0.137. The number of thiophene rings is 1. The summed E-state index contributed by atoms with van der Waals surface area (Å²) in [5, 5.41) is 4.00. The van der Waals surface area contributed by atoms with Gasteiger partial charge in [-0.1, -0.05) is 17.7 Å². The minimum atomic E-state index is -4.55. The van der Waals surface area contributed by atoms with Gasteiger partial charge in [0.2, 0.25) is 5.91 Å². The van der Waals surface area contributed by atoms with Gasteiger partial charge in [0, 0.05) is 16.3 Å². The molecule has 2 rings (SSSR count). The zero-order chi connectivity index (χ0) is 16.2. The maximum atomic E-state index is 12.7. The molecule has 2 aromatic rings. The zero-order valence-corrected chi connectivity index (χ0v) is 13.5. The van der Waals surface area contributed by atoms with Crippen molar-refractivity contribution in [3.05, 3.63) is 51.2 Å². The van der Waals surface area contributed by atoms with Crippen molar-refractivity contribution in [3.63, 3.8) is 0 Å². The molecule has 0 fully saturated rings. The SMILES string of the molecule is O=C(CSCc1cccs1)Nc1ccc(Cl)c(C(F)(F)F)c1. The lowest BCUT2D eigenvalue weighted by Crippen LogP contribution is -2.15. The highest BCUT2D eigenvalue weighted by atomic mass is 35.5. The Morgan fingerprint density at radius 3 is 2.73 bits per heavy atom. The van der Waals surface area contributed by atoms with Crippen LogP contribution in [-0.2, 0) is 16.7 Å². The molecule has 1 heterocycles. The molecule has 8 heteroatoms. The molecule has 0 bridgehead atoms. The number of halogens is 4. The van der Waals surface area contributed by atoms with Crippen LogP contribution >= 0.6 is 34.7 Å². The van der Waals surface area contributed by atoms with Crippen LogP contribution in [0.1, 0.15) is 10.4 Å². The Morgan fingerprint density at radius 2 is 2.09 bits per heavy atom. The zero-order valence-electron chi connectivity index (χ0n) is 11.1. The van der Waals surface area contributed by atoms with E-state index in [1.54, 1.807) is 11.3 Å². The molecule has 0 aliphatic heterocycles. The minimum absolute atomic E-state index is 0.0819. The highest BCUT2D eigenvalue weighted by molar-refractivity contribution is 7.99. The molecule has 1 aromatic heterocycles. The number of benzene rings is 1. The van der Waals surface area contributed by atoms with E-state index in [1.165, 1.54) is 17.8 Å². The van der Waals surface area contributed by atoms with Crippen LogP contribution in [0, 0.1) is 0 Å². The summed E-state index contributed by atoms with van der Waals surface area (Å²) < 4.78 is 38.2. The van der Waals surface area contributed by atoms with Gasteiger partial charge in [0.25, 0.3) is 0 Å². The fourth-order valence-corrected chi connectivity index (χ4v) is 3.55. The van der Waals surface area contributed by atoms with Crippen molar-refractivity contribution >= 4 is 46.3 Å². The number of alkyl halides is 3. The van der Waals surface area contributed by atoms with Gasteiger partial charge in [-0.25, -0.2) is 0 Å². The number of carbonyl (C=O) groups excluding carboxylic acids is 1. The molecule has 0 aliphatic rings. The van der Waals surface area contributed by atoms with E-state index >= 15 is 0 Å². The summed E-state index contributed by atoms with van der Waals surface area (Å²) in [5.74, 6) is 0.512. The number of nitrogens with one attached hydrogen (secondary N) is 1. The van der Waals surface area contributed by atoms with Gasteiger partial charge < -0.3 is 5.32 Å². The van der Waals surface area contributed by atoms with E-state index in [0.29, 0.717) is 5.75 Å². The summed E-state index contributed by atoms with van der Waals surface area (Å²) in [4.78, 5) is 12.9. The quantitative estimate of drug-likeness (QED) is 0.779. The molecule has 1 amide bonds. The number of rotatable bonds is 5. The third kappa shape index (κ3) is 4.93. The van der Waals surface area contributed by atoms with E-state index < -0.39 is 16.8 Å². The van der Waals surface area contributed by atoms with Gasteiger partial charge >= 0.3 is 6.18 Å². The van der Waals surface area contributed by atoms with Crippen LogP contribution in [0.25, 0.3) is 0 Å². The Labute approximate surface area is 138 Å². The maximum absolute atomic E-state index is 12.7. The van der Waals surface area contributed by atoms with Crippen LogP contribution in [0.2, 0.25) is 5.02 Å². The Kier molecular flexibility index (Phi) is 5.77. The fourth-order valence-electron chi connectivity index (χ4n) is 1.66. The van der Waals surface area contributed by atoms with Crippen LogP contribution < -0.4 is 5.32 Å². The number of hydrogen-bond donors (Lipinski definition) is 1. The van der Waals surface area contributed by atoms with Gasteiger partial charge in [0.05, 0.1) is 16.3 Å². The first-order valence-corrected chi connectivity index (χ1v) is 8.54. The standard InChI is InChI=1S/C14H11ClF3NOS2/c15-12-4-3-9(6-11(12)14(16,17)18)19-13(20)8-21-7-10-2-1-5-22-10/h1-6H,7-8H2,(H,19,20). The number of thioether (sulfide) groups is 1. The van der Waals surface area contributed by atoms with Crippen molar-refractivity contribution in [2.75, 3.05) is 11.1 Å². The lowest BCUT2D eigenvalue weighted by atomic mass is 10.2. The smallest absolute Gasteiger partial charge is 0.325 e. The molecule has 1 aromatic carbocycles. The molecular formula is C14H11ClF3NOS2. The van der Waals surface area contributed by atoms with Crippen LogP contribution in [0.15, 0.2) is 35.7 Å². The number of amides is 1. The molecule has 0 saturated heterocycles. The van der Waals surface area contributed by atoms with Crippen molar-refractivity contribution < 1.29 is 18.0 Å². The molecule has 0 aliphatic carbocycles. The van der Waals surface area contributed by atoms with Crippen LogP contribution in [0.3, 0.4) is 0 Å². The van der Waals surface area contributed by atoms with Crippen molar-refractivity contribution in [1.82, 2.24) is 0 Å². The third-order valence-corrected chi connectivity index (χ3v) is 4.98. The second kappa shape index (κ2) is 7.39. The van der Waals surface area contributed by atoms with Crippen LogP contribution in [0.4, 0.5) is 18.9 Å². The fraction of sp³-hybridized carbons (Fsp3) is 0.214. The first kappa shape index (κ1) is 17.2. The predicted molar refractivity (Wildman–Crippen MR) is 85.6 cm³/mol. The van der Waals surface area contributed by atoms with E-state index in [1.807, 2.05) is 17.5 Å². The molecule has 0 radical (unpaired) electrons. The topological polar surface area (TPSA) is 29.1 Å². The van der Waals surface area contributed by atoms with Crippen molar-refractivity contribution in [2.24, 2.45) is 0 Å². The Bertz CT molecular complexity index is 644. The second-order valence-corrected chi connectivity index (χ2v) is 6.74. The van der Waals surface area contributed by atoms with Crippen molar-refractivity contribution in [1.29, 1.82) is 0 Å². The van der Waals surface area contributed by atoms with Gasteiger partial charge in [0.1, 0.15) is 0 Å². The Morgan fingerprint density at radius 1 is 1.32 bits per heavy atom. The monoisotopic (exact) mass is 365 g/mol. The summed E-state index contributed by atoms with van der Waals surface area (Å²) in [6, 6.07) is 7.19. The van der Waals surface area contributed by atoms with E-state index in [4.69, 9.17) is 11.6 Å². The second-order valence-electron chi connectivity index (χ2n) is 4.31. The Hall–Kier alpha value is -1.18. The summed E-state index contributed by atoms with van der Waals surface area (Å²) in [6.07, 6.45) is -4.55. The van der Waals surface area contributed by atoms with Gasteiger partial charge in [0.15, 0.2) is 0 Å². The molecule has 0 unspecified atom stereocenters. The average Bonchev–Trinajstić information content (AvgIpc) is 2.93. The van der Waals surface area contributed by atoms with Crippen LogP contribution in [0.5, 0.6) is 0 Å². The minimum Gasteiger partial charge on any atom is -0.325 e. The van der Waals surface area contributed by atoms with Crippen molar-refractivity contribution in [2.45, 2.75) is 11.9 Å². The molecule has 0 atom stereocenters. The first-order valence-electron chi connectivity index (χ1n) is 6.13. The van der Waals surface area contributed by atoms with Gasteiger partial charge in [-0.15, -0.1) is 23.1 Å². The number of carbonyl (C=O) groups is 1. The number of hydrogen-bond acceptors (Lipinski definition) is 3. The molecule has 1 N–H and O–H groups in total. The normalized spacial score (nSPS) is 11.5. The first-order chi connectivity index (χ1) is 10.4. The van der Waals surface area contributed by atoms with Crippen molar-refractivity contribution in [3.8, 4) is 0 Å². The summed E-state index contributed by atoms with van der Waals surface area (Å²) in [7, 11) is 0. The summed E-state index contributed by atoms with van der Waals surface area (Å²) in [6.45, 7) is 0. The largest absolute Gasteiger partial charge is 0.417 e. The number of anilines is 1. The summed E-state index contributed by atoms with van der Waals surface area (Å²) >= 11 is 8.52. The molecule has 118 valence electrons. The molecule has 2 nitrogen and oxygen atoms in total. The van der Waals surface area contributed by atoms with E-state index in [0.717, 1.165) is 17.0 Å². The van der Waals surface area contributed by atoms with E-state index in [-0.39, 0.29) is 17.3 Å². The van der Waals surface area contributed by atoms with Gasteiger partial charge in [-0.2, -0.15) is 13.2 Å². The maximum Gasteiger partial charge on any atom is 0.417 e. The Balaban J connectivity index is 1.91. The molecule has 22 heavy (non-hydrogen) atoms. The highest BCUT2D eigenvalue weighted by Crippen LogP contribution is 2.36. The van der Waals surface area contributed by atoms with Gasteiger partial charge in [-0.3, -0.25) is 4.79 Å². The molecular weight excluding hydrogens is 355 g/mol. The third-order valence-electron chi connectivity index (χ3n) is 2.61. The van der Waals surface area contributed by atoms with E-state index in [9.17, 15) is 18.0 Å². The van der Waals surface area contributed by atoms with Gasteiger partial charge in [-0.05, 0) is 29.6 Å². The van der Waals surface area contributed by atoms with Crippen LogP contribution in [-0.4, -0.2) is 11.7 Å². The van der Waals surface area contributed by atoms with E-state index in [2.05, 4.69) is 5.32 Å². The molecule has 0 spiro atoms. The summed E-state index contributed by atoms with van der Waals surface area (Å²) in [5.41, 5.74) is -0.878.